The normalized spacial score (nSPS) is 10.6. The molecule has 7 heteroatoms. The van der Waals surface area contributed by atoms with Gasteiger partial charge in [0.25, 0.3) is 0 Å². The quantitative estimate of drug-likeness (QED) is 0.585. The number of aromatic nitrogens is 1. The number of nitrogens with zero attached hydrogens (tertiary/aromatic N) is 2. The van der Waals surface area contributed by atoms with Gasteiger partial charge in [-0.25, -0.2) is 4.98 Å². The van der Waals surface area contributed by atoms with E-state index in [0.29, 0.717) is 5.56 Å². The number of nitro groups is 1. The molecule has 0 fully saturated rings. The van der Waals surface area contributed by atoms with Gasteiger partial charge < -0.3 is 5.73 Å². The SMILES string of the molecule is Nc1nccc(-c2ccc(-c3cccs3)s2)c1[N+](=O)[O-]. The minimum atomic E-state index is -0.484. The molecule has 3 heterocycles. The van der Waals surface area contributed by atoms with Crippen LogP contribution in [0, 0.1) is 10.1 Å². The van der Waals surface area contributed by atoms with E-state index in [1.54, 1.807) is 17.4 Å². The van der Waals surface area contributed by atoms with E-state index in [9.17, 15) is 10.1 Å². The van der Waals surface area contributed by atoms with Crippen LogP contribution in [-0.2, 0) is 0 Å². The van der Waals surface area contributed by atoms with Crippen LogP contribution in [0.15, 0.2) is 41.9 Å². The first-order chi connectivity index (χ1) is 9.66. The highest BCUT2D eigenvalue weighted by atomic mass is 32.1. The Morgan fingerprint density at radius 2 is 1.95 bits per heavy atom. The first-order valence-corrected chi connectivity index (χ1v) is 7.39. The Labute approximate surface area is 122 Å². The topological polar surface area (TPSA) is 82.0 Å². The molecule has 0 aliphatic carbocycles. The fraction of sp³-hybridized carbons (Fsp3) is 0. The summed E-state index contributed by atoms with van der Waals surface area (Å²) < 4.78 is 0. The van der Waals surface area contributed by atoms with Crippen LogP contribution in [0.2, 0.25) is 0 Å². The number of anilines is 1. The molecule has 0 amide bonds. The van der Waals surface area contributed by atoms with Crippen molar-refractivity contribution in [3.05, 3.63) is 52.0 Å². The highest BCUT2D eigenvalue weighted by molar-refractivity contribution is 7.23. The lowest BCUT2D eigenvalue weighted by atomic mass is 10.2. The summed E-state index contributed by atoms with van der Waals surface area (Å²) >= 11 is 3.14. The average molecular weight is 303 g/mol. The largest absolute Gasteiger partial charge is 0.378 e. The minimum absolute atomic E-state index is 0.0569. The van der Waals surface area contributed by atoms with Gasteiger partial charge >= 0.3 is 5.69 Å². The number of thiophene rings is 2. The van der Waals surface area contributed by atoms with Crippen molar-refractivity contribution in [1.82, 2.24) is 4.98 Å². The molecule has 5 nitrogen and oxygen atoms in total. The Balaban J connectivity index is 2.11. The van der Waals surface area contributed by atoms with E-state index in [4.69, 9.17) is 5.73 Å². The summed E-state index contributed by atoms with van der Waals surface area (Å²) in [5.41, 5.74) is 5.99. The summed E-state index contributed by atoms with van der Waals surface area (Å²) in [4.78, 5) is 17.5. The molecule has 3 aromatic heterocycles. The van der Waals surface area contributed by atoms with Gasteiger partial charge in [-0.2, -0.15) is 0 Å². The summed E-state index contributed by atoms with van der Waals surface area (Å²) in [5.74, 6) is -0.0569. The molecule has 0 bridgehead atoms. The summed E-state index contributed by atoms with van der Waals surface area (Å²) in [5, 5.41) is 13.1. The van der Waals surface area contributed by atoms with Crippen LogP contribution < -0.4 is 5.73 Å². The lowest BCUT2D eigenvalue weighted by Crippen LogP contribution is -1.99. The van der Waals surface area contributed by atoms with Crippen LogP contribution in [0.25, 0.3) is 20.2 Å². The molecule has 3 aromatic rings. The Morgan fingerprint density at radius 3 is 2.65 bits per heavy atom. The number of nitrogens with two attached hydrogens (primary N) is 1. The van der Waals surface area contributed by atoms with Crippen LogP contribution >= 0.6 is 22.7 Å². The fourth-order valence-corrected chi connectivity index (χ4v) is 3.76. The molecule has 0 radical (unpaired) electrons. The van der Waals surface area contributed by atoms with Crippen molar-refractivity contribution in [2.75, 3.05) is 5.73 Å². The van der Waals surface area contributed by atoms with Gasteiger partial charge in [0.1, 0.15) is 0 Å². The van der Waals surface area contributed by atoms with Crippen molar-refractivity contribution >= 4 is 34.2 Å². The van der Waals surface area contributed by atoms with E-state index < -0.39 is 4.92 Å². The van der Waals surface area contributed by atoms with Crippen molar-refractivity contribution < 1.29 is 4.92 Å². The monoisotopic (exact) mass is 303 g/mol. The van der Waals surface area contributed by atoms with Crippen molar-refractivity contribution in [3.8, 4) is 20.2 Å². The van der Waals surface area contributed by atoms with Crippen LogP contribution in [0.3, 0.4) is 0 Å². The molecule has 20 heavy (non-hydrogen) atoms. The van der Waals surface area contributed by atoms with E-state index in [1.807, 2.05) is 29.6 Å². The van der Waals surface area contributed by atoms with Gasteiger partial charge in [0.15, 0.2) is 0 Å². The van der Waals surface area contributed by atoms with Gasteiger partial charge in [0.05, 0.1) is 10.5 Å². The van der Waals surface area contributed by atoms with Gasteiger partial charge in [0.2, 0.25) is 5.82 Å². The first kappa shape index (κ1) is 12.8. The molecule has 0 saturated carbocycles. The summed E-state index contributed by atoms with van der Waals surface area (Å²) in [6.07, 6.45) is 1.49. The number of rotatable bonds is 3. The third-order valence-electron chi connectivity index (χ3n) is 2.77. The van der Waals surface area contributed by atoms with Crippen LogP contribution in [0.5, 0.6) is 0 Å². The molecular formula is C13H9N3O2S2. The number of nitrogen functional groups attached to an aromatic ring is 1. The zero-order chi connectivity index (χ0) is 14.1. The molecule has 100 valence electrons. The predicted molar refractivity (Wildman–Crippen MR) is 81.9 cm³/mol. The van der Waals surface area contributed by atoms with E-state index >= 15 is 0 Å². The third kappa shape index (κ3) is 2.17. The molecule has 0 atom stereocenters. The lowest BCUT2D eigenvalue weighted by molar-refractivity contribution is -0.383. The van der Waals surface area contributed by atoms with Gasteiger partial charge in [0, 0.05) is 20.8 Å². The molecule has 3 rings (SSSR count). The zero-order valence-corrected chi connectivity index (χ0v) is 11.8. The third-order valence-corrected chi connectivity index (χ3v) is 4.95. The first-order valence-electron chi connectivity index (χ1n) is 5.70. The molecular weight excluding hydrogens is 294 g/mol. The second-order valence-electron chi connectivity index (χ2n) is 3.99. The standard InChI is InChI=1S/C13H9N3O2S2/c14-13-12(16(17)18)8(5-6-15-13)9-3-4-11(20-9)10-2-1-7-19-10/h1-7H,(H2,14,15). The number of hydrogen-bond donors (Lipinski definition) is 1. The summed E-state index contributed by atoms with van der Waals surface area (Å²) in [6, 6.07) is 9.47. The Kier molecular flexibility index (Phi) is 3.21. The zero-order valence-electron chi connectivity index (χ0n) is 10.1. The fourth-order valence-electron chi connectivity index (χ4n) is 1.89. The van der Waals surface area contributed by atoms with Gasteiger partial charge in [-0.05, 0) is 29.6 Å². The average Bonchev–Trinajstić information content (AvgIpc) is 3.09. The Morgan fingerprint density at radius 1 is 1.15 bits per heavy atom. The lowest BCUT2D eigenvalue weighted by Gasteiger charge is -2.01. The van der Waals surface area contributed by atoms with Gasteiger partial charge in [-0.15, -0.1) is 22.7 Å². The molecule has 0 aliphatic heterocycles. The Hall–Kier alpha value is -2.25. The maximum absolute atomic E-state index is 11.1. The van der Waals surface area contributed by atoms with E-state index in [-0.39, 0.29) is 11.5 Å². The van der Waals surface area contributed by atoms with Crippen molar-refractivity contribution in [2.45, 2.75) is 0 Å². The van der Waals surface area contributed by atoms with Gasteiger partial charge in [-0.3, -0.25) is 10.1 Å². The predicted octanol–water partition coefficient (Wildman–Crippen LogP) is 4.03. The van der Waals surface area contributed by atoms with E-state index in [1.165, 1.54) is 17.5 Å². The maximum atomic E-state index is 11.1. The van der Waals surface area contributed by atoms with Crippen molar-refractivity contribution in [1.29, 1.82) is 0 Å². The van der Waals surface area contributed by atoms with Crippen LogP contribution in [-0.4, -0.2) is 9.91 Å². The van der Waals surface area contributed by atoms with E-state index in [0.717, 1.165) is 14.6 Å². The number of pyridine rings is 1. The molecule has 0 saturated heterocycles. The number of hydrogen-bond acceptors (Lipinski definition) is 6. The second kappa shape index (κ2) is 5.03. The summed E-state index contributed by atoms with van der Waals surface area (Å²) in [7, 11) is 0. The van der Waals surface area contributed by atoms with Crippen LogP contribution in [0.4, 0.5) is 11.5 Å². The summed E-state index contributed by atoms with van der Waals surface area (Å²) in [6.45, 7) is 0. The highest BCUT2D eigenvalue weighted by Gasteiger charge is 2.21. The highest BCUT2D eigenvalue weighted by Crippen LogP contribution is 2.40. The van der Waals surface area contributed by atoms with Gasteiger partial charge in [-0.1, -0.05) is 6.07 Å². The second-order valence-corrected chi connectivity index (χ2v) is 6.02. The van der Waals surface area contributed by atoms with Crippen molar-refractivity contribution in [2.24, 2.45) is 0 Å². The minimum Gasteiger partial charge on any atom is -0.378 e. The van der Waals surface area contributed by atoms with E-state index in [2.05, 4.69) is 4.98 Å². The molecule has 0 spiro atoms. The molecule has 0 aromatic carbocycles. The molecule has 2 N–H and O–H groups in total. The molecule has 0 aliphatic rings. The smallest absolute Gasteiger partial charge is 0.319 e. The van der Waals surface area contributed by atoms with Crippen molar-refractivity contribution in [3.63, 3.8) is 0 Å². The maximum Gasteiger partial charge on any atom is 0.319 e. The molecule has 0 unspecified atom stereocenters. The Bertz CT molecular complexity index is 766. The van der Waals surface area contributed by atoms with Crippen LogP contribution in [0.1, 0.15) is 0 Å².